The number of nitrogens with zero attached hydrogens (tertiary/aromatic N) is 1. The van der Waals surface area contributed by atoms with Crippen molar-refractivity contribution in [3.05, 3.63) is 97.8 Å². The summed E-state index contributed by atoms with van der Waals surface area (Å²) in [5.41, 5.74) is 3.61. The van der Waals surface area contributed by atoms with Crippen LogP contribution < -0.4 is 10.1 Å². The molecule has 0 atom stereocenters. The molecule has 3 aromatic rings. The van der Waals surface area contributed by atoms with Crippen LogP contribution in [0.2, 0.25) is 5.02 Å². The Labute approximate surface area is 198 Å². The molecule has 4 nitrogen and oxygen atoms in total. The number of hydrogen-bond donors (Lipinski definition) is 1. The molecule has 0 saturated carbocycles. The molecule has 7 heteroatoms. The number of amides is 1. The summed E-state index contributed by atoms with van der Waals surface area (Å²) in [5, 5.41) is 4.02. The van der Waals surface area contributed by atoms with E-state index in [-0.39, 0.29) is 5.91 Å². The van der Waals surface area contributed by atoms with Crippen molar-refractivity contribution < 1.29 is 9.53 Å². The number of rotatable bonds is 5. The van der Waals surface area contributed by atoms with Gasteiger partial charge >= 0.3 is 0 Å². The van der Waals surface area contributed by atoms with Crippen LogP contribution in [0.1, 0.15) is 16.7 Å². The summed E-state index contributed by atoms with van der Waals surface area (Å²) in [4.78, 5) is 17.6. The standard InChI is InChI=1S/C24H18BrClN2O2S/c1-15-12-19(26)10-11-20(15)27-24-28-23(29)22(31-24)13-17-4-2-3-5-21(17)30-14-16-6-8-18(25)9-7-16/h2-13H,14H2,1H3,(H,27,28,29)/b22-13-. The van der Waals surface area contributed by atoms with Crippen molar-refractivity contribution in [3.8, 4) is 5.75 Å². The number of aryl methyl sites for hydroxylation is 1. The van der Waals surface area contributed by atoms with Gasteiger partial charge in [-0.25, -0.2) is 4.99 Å². The number of thioether (sulfide) groups is 1. The van der Waals surface area contributed by atoms with Crippen LogP contribution in [-0.2, 0) is 11.4 Å². The molecule has 1 saturated heterocycles. The smallest absolute Gasteiger partial charge is 0.264 e. The van der Waals surface area contributed by atoms with Gasteiger partial charge in [0.15, 0.2) is 5.17 Å². The van der Waals surface area contributed by atoms with Gasteiger partial charge in [0.05, 0.1) is 10.6 Å². The zero-order chi connectivity index (χ0) is 21.8. The minimum Gasteiger partial charge on any atom is -0.488 e. The normalized spacial score (nSPS) is 16.0. The molecule has 1 aliphatic rings. The highest BCUT2D eigenvalue weighted by Crippen LogP contribution is 2.32. The van der Waals surface area contributed by atoms with Crippen molar-refractivity contribution in [1.29, 1.82) is 0 Å². The van der Waals surface area contributed by atoms with Crippen molar-refractivity contribution in [1.82, 2.24) is 5.32 Å². The van der Waals surface area contributed by atoms with Crippen molar-refractivity contribution >= 4 is 62.1 Å². The Morgan fingerprint density at radius 3 is 2.68 bits per heavy atom. The largest absolute Gasteiger partial charge is 0.488 e. The predicted octanol–water partition coefficient (Wildman–Crippen LogP) is 6.88. The van der Waals surface area contributed by atoms with Gasteiger partial charge < -0.3 is 10.1 Å². The molecule has 4 rings (SSSR count). The van der Waals surface area contributed by atoms with E-state index in [1.165, 1.54) is 11.8 Å². The Kier molecular flexibility index (Phi) is 6.80. The average molecular weight is 514 g/mol. The maximum atomic E-state index is 12.5. The first-order chi connectivity index (χ1) is 15.0. The third-order valence-electron chi connectivity index (χ3n) is 4.54. The van der Waals surface area contributed by atoms with Crippen LogP contribution in [-0.4, -0.2) is 11.1 Å². The highest BCUT2D eigenvalue weighted by molar-refractivity contribution is 9.10. The number of halogens is 2. The summed E-state index contributed by atoms with van der Waals surface area (Å²) in [6, 6.07) is 21.1. The second-order valence-corrected chi connectivity index (χ2v) is 9.25. The lowest BCUT2D eigenvalue weighted by atomic mass is 10.2. The van der Waals surface area contributed by atoms with E-state index < -0.39 is 0 Å². The zero-order valence-corrected chi connectivity index (χ0v) is 19.7. The highest BCUT2D eigenvalue weighted by atomic mass is 79.9. The van der Waals surface area contributed by atoms with Crippen molar-refractivity contribution in [2.24, 2.45) is 4.99 Å². The number of para-hydroxylation sites is 1. The fourth-order valence-electron chi connectivity index (χ4n) is 2.95. The fraction of sp³-hybridized carbons (Fsp3) is 0.0833. The van der Waals surface area contributed by atoms with Gasteiger partial charge in [0.25, 0.3) is 5.91 Å². The Hall–Kier alpha value is -2.54. The van der Waals surface area contributed by atoms with E-state index in [0.717, 1.165) is 26.9 Å². The first-order valence-corrected chi connectivity index (χ1v) is 11.5. The monoisotopic (exact) mass is 512 g/mol. The summed E-state index contributed by atoms with van der Waals surface area (Å²) in [6.07, 6.45) is 1.83. The third-order valence-corrected chi connectivity index (χ3v) is 6.22. The molecule has 1 heterocycles. The van der Waals surface area contributed by atoms with E-state index in [2.05, 4.69) is 26.2 Å². The Bertz CT molecular complexity index is 1190. The fourth-order valence-corrected chi connectivity index (χ4v) is 4.27. The summed E-state index contributed by atoms with van der Waals surface area (Å²) in [6.45, 7) is 2.37. The number of amidine groups is 1. The molecule has 1 fully saturated rings. The molecule has 0 radical (unpaired) electrons. The van der Waals surface area contributed by atoms with Gasteiger partial charge in [-0.15, -0.1) is 0 Å². The van der Waals surface area contributed by atoms with E-state index in [1.807, 2.05) is 73.7 Å². The van der Waals surface area contributed by atoms with Crippen LogP contribution in [0.5, 0.6) is 5.75 Å². The van der Waals surface area contributed by atoms with E-state index in [1.54, 1.807) is 6.07 Å². The number of nitrogens with one attached hydrogen (secondary N) is 1. The van der Waals surface area contributed by atoms with Crippen molar-refractivity contribution in [2.75, 3.05) is 0 Å². The lowest BCUT2D eigenvalue weighted by Crippen LogP contribution is -2.19. The van der Waals surface area contributed by atoms with Crippen LogP contribution in [0.15, 0.2) is 81.1 Å². The molecule has 0 aromatic heterocycles. The third kappa shape index (κ3) is 5.58. The lowest BCUT2D eigenvalue weighted by Gasteiger charge is -2.09. The first kappa shape index (κ1) is 21.7. The van der Waals surface area contributed by atoms with Gasteiger partial charge in [-0.3, -0.25) is 4.79 Å². The molecular formula is C24H18BrClN2O2S. The topological polar surface area (TPSA) is 50.7 Å². The van der Waals surface area contributed by atoms with Crippen molar-refractivity contribution in [2.45, 2.75) is 13.5 Å². The number of carbonyl (C=O) groups is 1. The van der Waals surface area contributed by atoms with Gasteiger partial charge in [-0.1, -0.05) is 57.9 Å². The van der Waals surface area contributed by atoms with E-state index in [9.17, 15) is 4.79 Å². The predicted molar refractivity (Wildman–Crippen MR) is 132 cm³/mol. The molecule has 31 heavy (non-hydrogen) atoms. The molecule has 3 aromatic carbocycles. The number of aliphatic imine (C=N–C) groups is 1. The lowest BCUT2D eigenvalue weighted by molar-refractivity contribution is -0.115. The molecule has 1 amide bonds. The van der Waals surface area contributed by atoms with Gasteiger partial charge in [0.2, 0.25) is 0 Å². The summed E-state index contributed by atoms with van der Waals surface area (Å²) >= 11 is 10.7. The van der Waals surface area contributed by atoms with Gasteiger partial charge in [-0.05, 0) is 72.3 Å². The summed E-state index contributed by atoms with van der Waals surface area (Å²) in [7, 11) is 0. The highest BCUT2D eigenvalue weighted by Gasteiger charge is 2.24. The van der Waals surface area contributed by atoms with Gasteiger partial charge in [0.1, 0.15) is 12.4 Å². The van der Waals surface area contributed by atoms with Gasteiger partial charge in [0, 0.05) is 15.1 Å². The minimum atomic E-state index is -0.182. The molecule has 1 aliphatic heterocycles. The number of ether oxygens (including phenoxy) is 1. The summed E-state index contributed by atoms with van der Waals surface area (Å²) < 4.78 is 7.04. The number of hydrogen-bond acceptors (Lipinski definition) is 4. The second-order valence-electron chi connectivity index (χ2n) is 6.87. The SMILES string of the molecule is Cc1cc(Cl)ccc1N=C1NC(=O)/C(=C/c2ccccc2OCc2ccc(Br)cc2)S1. The number of carbonyl (C=O) groups excluding carboxylic acids is 1. The summed E-state index contributed by atoms with van der Waals surface area (Å²) in [5.74, 6) is 0.531. The molecule has 0 aliphatic carbocycles. The molecule has 0 spiro atoms. The van der Waals surface area contributed by atoms with Crippen LogP contribution in [0.25, 0.3) is 6.08 Å². The molecule has 1 N–H and O–H groups in total. The van der Waals surface area contributed by atoms with Crippen molar-refractivity contribution in [3.63, 3.8) is 0 Å². The Morgan fingerprint density at radius 2 is 1.90 bits per heavy atom. The maximum Gasteiger partial charge on any atom is 0.264 e. The van der Waals surface area contributed by atoms with E-state index in [4.69, 9.17) is 16.3 Å². The van der Waals surface area contributed by atoms with E-state index in [0.29, 0.717) is 27.5 Å². The second kappa shape index (κ2) is 9.73. The number of benzene rings is 3. The Morgan fingerprint density at radius 1 is 1.13 bits per heavy atom. The quantitative estimate of drug-likeness (QED) is 0.378. The Balaban J connectivity index is 1.52. The van der Waals surface area contributed by atoms with Crippen LogP contribution >= 0.6 is 39.3 Å². The molecule has 156 valence electrons. The maximum absolute atomic E-state index is 12.5. The van der Waals surface area contributed by atoms with Crippen LogP contribution in [0, 0.1) is 6.92 Å². The molecule has 0 bridgehead atoms. The molecular weight excluding hydrogens is 496 g/mol. The van der Waals surface area contributed by atoms with Gasteiger partial charge in [-0.2, -0.15) is 0 Å². The average Bonchev–Trinajstić information content (AvgIpc) is 3.09. The minimum absolute atomic E-state index is 0.182. The zero-order valence-electron chi connectivity index (χ0n) is 16.6. The molecule has 0 unspecified atom stereocenters. The first-order valence-electron chi connectivity index (χ1n) is 9.50. The van der Waals surface area contributed by atoms with Crippen LogP contribution in [0.4, 0.5) is 5.69 Å². The van der Waals surface area contributed by atoms with E-state index >= 15 is 0 Å². The van der Waals surface area contributed by atoms with Crippen LogP contribution in [0.3, 0.4) is 0 Å².